The first-order valence-corrected chi connectivity index (χ1v) is 9.06. The Morgan fingerprint density at radius 2 is 1.18 bits per heavy atom. The molecule has 0 aliphatic rings. The van der Waals surface area contributed by atoms with Crippen LogP contribution in [0.4, 0.5) is 11.4 Å². The Balaban J connectivity index is 1.72. The van der Waals surface area contributed by atoms with E-state index in [0.29, 0.717) is 5.69 Å². The van der Waals surface area contributed by atoms with Crippen molar-refractivity contribution in [1.82, 2.24) is 0 Å². The monoisotopic (exact) mass is 365 g/mol. The molecule has 3 heteroatoms. The van der Waals surface area contributed by atoms with Gasteiger partial charge in [0.1, 0.15) is 0 Å². The van der Waals surface area contributed by atoms with Crippen molar-refractivity contribution < 1.29 is 9.90 Å². The van der Waals surface area contributed by atoms with Gasteiger partial charge in [-0.05, 0) is 46.5 Å². The maximum atomic E-state index is 11.7. The second-order valence-electron chi connectivity index (χ2n) is 6.50. The summed E-state index contributed by atoms with van der Waals surface area (Å²) in [5.74, 6) is -0.957. The van der Waals surface area contributed by atoms with E-state index in [2.05, 4.69) is 17.4 Å². The van der Waals surface area contributed by atoms with Gasteiger partial charge in [0.25, 0.3) is 0 Å². The third-order valence-electron chi connectivity index (χ3n) is 4.61. The molecule has 0 bridgehead atoms. The second kappa shape index (κ2) is 7.80. The summed E-state index contributed by atoms with van der Waals surface area (Å²) in [4.78, 5) is 11.7. The molecule has 0 atom stereocenters. The van der Waals surface area contributed by atoms with E-state index >= 15 is 0 Å². The molecule has 28 heavy (non-hydrogen) atoms. The predicted octanol–water partition coefficient (Wildman–Crippen LogP) is 6.46. The van der Waals surface area contributed by atoms with Crippen molar-refractivity contribution in [2.45, 2.75) is 0 Å². The lowest BCUT2D eigenvalue weighted by Crippen LogP contribution is -2.03. The number of hydrogen-bond donors (Lipinski definition) is 2. The molecule has 0 spiro atoms. The number of carboxylic acids is 1. The van der Waals surface area contributed by atoms with E-state index < -0.39 is 5.97 Å². The smallest absolute Gasteiger partial charge is 0.337 e. The highest BCUT2D eigenvalue weighted by atomic mass is 16.4. The standard InChI is InChI=1S/C25H19NO2/c27-25(28)23-15-14-21(19-10-5-2-6-11-19)17-24(23)26-22-13-7-12-20(16-22)18-8-3-1-4-9-18/h1-17,26H,(H,27,28). The fraction of sp³-hybridized carbons (Fsp3) is 0. The molecule has 0 saturated carbocycles. The molecule has 0 aliphatic heterocycles. The lowest BCUT2D eigenvalue weighted by Gasteiger charge is -2.13. The molecule has 136 valence electrons. The first kappa shape index (κ1) is 17.6. The van der Waals surface area contributed by atoms with Crippen molar-refractivity contribution in [3.8, 4) is 22.3 Å². The number of anilines is 2. The van der Waals surface area contributed by atoms with E-state index in [9.17, 15) is 9.90 Å². The summed E-state index contributed by atoms with van der Waals surface area (Å²) in [7, 11) is 0. The normalized spacial score (nSPS) is 10.4. The maximum absolute atomic E-state index is 11.7. The van der Waals surface area contributed by atoms with Crippen molar-refractivity contribution in [3.63, 3.8) is 0 Å². The molecule has 0 amide bonds. The van der Waals surface area contributed by atoms with Gasteiger partial charge in [-0.3, -0.25) is 0 Å². The number of rotatable bonds is 5. The highest BCUT2D eigenvalue weighted by Crippen LogP contribution is 2.30. The largest absolute Gasteiger partial charge is 0.478 e. The number of carbonyl (C=O) groups is 1. The van der Waals surface area contributed by atoms with Crippen LogP contribution in [0, 0.1) is 0 Å². The van der Waals surface area contributed by atoms with Crippen LogP contribution >= 0.6 is 0 Å². The third kappa shape index (κ3) is 3.79. The van der Waals surface area contributed by atoms with Crippen LogP contribution in [0.1, 0.15) is 10.4 Å². The van der Waals surface area contributed by atoms with Gasteiger partial charge in [0.2, 0.25) is 0 Å². The summed E-state index contributed by atoms with van der Waals surface area (Å²) in [6.07, 6.45) is 0. The molecule has 0 aromatic heterocycles. The Morgan fingerprint density at radius 1 is 0.607 bits per heavy atom. The Kier molecular flexibility index (Phi) is 4.89. The van der Waals surface area contributed by atoms with Gasteiger partial charge in [-0.2, -0.15) is 0 Å². The molecule has 0 heterocycles. The summed E-state index contributed by atoms with van der Waals surface area (Å²) in [5, 5.41) is 12.9. The van der Waals surface area contributed by atoms with Crippen LogP contribution in [-0.4, -0.2) is 11.1 Å². The number of hydrogen-bond acceptors (Lipinski definition) is 2. The molecule has 0 unspecified atom stereocenters. The highest BCUT2D eigenvalue weighted by Gasteiger charge is 2.12. The third-order valence-corrected chi connectivity index (χ3v) is 4.61. The number of aromatic carboxylic acids is 1. The fourth-order valence-corrected chi connectivity index (χ4v) is 3.21. The zero-order valence-corrected chi connectivity index (χ0v) is 15.2. The summed E-state index contributed by atoms with van der Waals surface area (Å²) in [6.45, 7) is 0. The summed E-state index contributed by atoms with van der Waals surface area (Å²) >= 11 is 0. The van der Waals surface area contributed by atoms with Crippen molar-refractivity contribution in [3.05, 3.63) is 109 Å². The zero-order chi connectivity index (χ0) is 19.3. The summed E-state index contributed by atoms with van der Waals surface area (Å²) < 4.78 is 0. The van der Waals surface area contributed by atoms with E-state index in [1.54, 1.807) is 6.07 Å². The van der Waals surface area contributed by atoms with E-state index in [4.69, 9.17) is 0 Å². The Hall–Kier alpha value is -3.85. The van der Waals surface area contributed by atoms with Crippen molar-refractivity contribution in [2.75, 3.05) is 5.32 Å². The lowest BCUT2D eigenvalue weighted by molar-refractivity contribution is 0.0698. The summed E-state index contributed by atoms with van der Waals surface area (Å²) in [6, 6.07) is 33.3. The quantitative estimate of drug-likeness (QED) is 0.426. The van der Waals surface area contributed by atoms with Gasteiger partial charge in [-0.15, -0.1) is 0 Å². The molecule has 0 aliphatic carbocycles. The molecule has 4 aromatic rings. The zero-order valence-electron chi connectivity index (χ0n) is 15.2. The number of nitrogens with one attached hydrogen (secondary N) is 1. The van der Waals surface area contributed by atoms with E-state index in [-0.39, 0.29) is 5.56 Å². The average Bonchev–Trinajstić information content (AvgIpc) is 2.75. The lowest BCUT2D eigenvalue weighted by atomic mass is 10.0. The summed E-state index contributed by atoms with van der Waals surface area (Å²) in [5.41, 5.74) is 5.84. The molecule has 3 nitrogen and oxygen atoms in total. The number of benzene rings is 4. The maximum Gasteiger partial charge on any atom is 0.337 e. The van der Waals surface area contributed by atoms with Gasteiger partial charge in [0, 0.05) is 5.69 Å². The van der Waals surface area contributed by atoms with Crippen LogP contribution in [0.3, 0.4) is 0 Å². The molecule has 2 N–H and O–H groups in total. The van der Waals surface area contributed by atoms with E-state index in [1.165, 1.54) is 0 Å². The Morgan fingerprint density at radius 3 is 1.79 bits per heavy atom. The van der Waals surface area contributed by atoms with Gasteiger partial charge < -0.3 is 10.4 Å². The first-order chi connectivity index (χ1) is 13.7. The minimum atomic E-state index is -0.957. The van der Waals surface area contributed by atoms with Crippen molar-refractivity contribution in [2.24, 2.45) is 0 Å². The SMILES string of the molecule is O=C(O)c1ccc(-c2ccccc2)cc1Nc1cccc(-c2ccccc2)c1. The molecular formula is C25H19NO2. The van der Waals surface area contributed by atoms with Crippen molar-refractivity contribution >= 4 is 17.3 Å². The molecule has 4 aromatic carbocycles. The first-order valence-electron chi connectivity index (χ1n) is 9.06. The predicted molar refractivity (Wildman–Crippen MR) is 114 cm³/mol. The topological polar surface area (TPSA) is 49.3 Å². The van der Waals surface area contributed by atoms with Gasteiger partial charge >= 0.3 is 5.97 Å². The molecule has 0 fully saturated rings. The van der Waals surface area contributed by atoms with Crippen molar-refractivity contribution in [1.29, 1.82) is 0 Å². The van der Waals surface area contributed by atoms with Crippen LogP contribution in [0.15, 0.2) is 103 Å². The van der Waals surface area contributed by atoms with Crippen LogP contribution < -0.4 is 5.32 Å². The highest BCUT2D eigenvalue weighted by molar-refractivity contribution is 5.96. The fourth-order valence-electron chi connectivity index (χ4n) is 3.21. The molecule has 4 rings (SSSR count). The van der Waals surface area contributed by atoms with Crippen LogP contribution in [-0.2, 0) is 0 Å². The van der Waals surface area contributed by atoms with Crippen LogP contribution in [0.5, 0.6) is 0 Å². The van der Waals surface area contributed by atoms with Gasteiger partial charge in [-0.1, -0.05) is 78.9 Å². The Bertz CT molecular complexity index is 1110. The molecular weight excluding hydrogens is 346 g/mol. The molecule has 0 radical (unpaired) electrons. The number of carboxylic acid groups (broad SMARTS) is 1. The molecule has 0 saturated heterocycles. The minimum Gasteiger partial charge on any atom is -0.478 e. The Labute approximate surface area is 163 Å². The van der Waals surface area contributed by atoms with Crippen LogP contribution in [0.2, 0.25) is 0 Å². The minimum absolute atomic E-state index is 0.241. The van der Waals surface area contributed by atoms with Gasteiger partial charge in [0.15, 0.2) is 0 Å². The second-order valence-corrected chi connectivity index (χ2v) is 6.50. The van der Waals surface area contributed by atoms with Gasteiger partial charge in [0.05, 0.1) is 11.3 Å². The van der Waals surface area contributed by atoms with E-state index in [0.717, 1.165) is 27.9 Å². The van der Waals surface area contributed by atoms with Gasteiger partial charge in [-0.25, -0.2) is 4.79 Å². The van der Waals surface area contributed by atoms with E-state index in [1.807, 2.05) is 84.9 Å². The van der Waals surface area contributed by atoms with Crippen LogP contribution in [0.25, 0.3) is 22.3 Å². The average molecular weight is 365 g/mol.